The monoisotopic (exact) mass is 457 g/mol. The van der Waals surface area contributed by atoms with Gasteiger partial charge in [-0.1, -0.05) is 47.6 Å². The summed E-state index contributed by atoms with van der Waals surface area (Å²) in [5.41, 5.74) is 1.56. The second kappa shape index (κ2) is 8.64. The van der Waals surface area contributed by atoms with Crippen molar-refractivity contribution in [3.05, 3.63) is 74.5 Å². The van der Waals surface area contributed by atoms with E-state index in [1.807, 2.05) is 24.3 Å². The van der Waals surface area contributed by atoms with Crippen LogP contribution in [0, 0.1) is 0 Å². The number of rotatable bonds is 5. The summed E-state index contributed by atoms with van der Waals surface area (Å²) in [6, 6.07) is 12.1. The fourth-order valence-corrected chi connectivity index (χ4v) is 4.93. The van der Waals surface area contributed by atoms with Crippen LogP contribution in [-0.4, -0.2) is 27.7 Å². The SMILES string of the molecule is COc1cc(O)ccc1[C@@H]1CC(=O)Nc2c1c(=O)nc(SCc1ccccc1Cl)n2C. The van der Waals surface area contributed by atoms with Gasteiger partial charge in [0.2, 0.25) is 5.91 Å². The summed E-state index contributed by atoms with van der Waals surface area (Å²) in [4.78, 5) is 29.9. The first-order valence-corrected chi connectivity index (χ1v) is 10.9. The molecule has 3 aromatic rings. The van der Waals surface area contributed by atoms with E-state index < -0.39 is 11.5 Å². The number of carbonyl (C=O) groups is 1. The van der Waals surface area contributed by atoms with Gasteiger partial charge in [0.05, 0.1) is 12.7 Å². The molecule has 2 heterocycles. The zero-order chi connectivity index (χ0) is 22.1. The number of carbonyl (C=O) groups excluding carboxylic acids is 1. The number of hydrogen-bond acceptors (Lipinski definition) is 6. The quantitative estimate of drug-likeness (QED) is 0.445. The van der Waals surface area contributed by atoms with Gasteiger partial charge in [-0.2, -0.15) is 4.98 Å². The summed E-state index contributed by atoms with van der Waals surface area (Å²) < 4.78 is 7.10. The van der Waals surface area contributed by atoms with Crippen molar-refractivity contribution in [2.75, 3.05) is 12.4 Å². The molecule has 160 valence electrons. The van der Waals surface area contributed by atoms with Gasteiger partial charge in [-0.05, 0) is 17.7 Å². The van der Waals surface area contributed by atoms with Crippen LogP contribution in [0.4, 0.5) is 5.82 Å². The smallest absolute Gasteiger partial charge is 0.279 e. The molecule has 0 aliphatic carbocycles. The molecule has 0 bridgehead atoms. The Balaban J connectivity index is 1.76. The molecule has 9 heteroatoms. The van der Waals surface area contributed by atoms with Crippen molar-refractivity contribution >= 4 is 35.1 Å². The summed E-state index contributed by atoms with van der Waals surface area (Å²) in [5.74, 6) is 0.646. The second-order valence-corrected chi connectivity index (χ2v) is 8.48. The molecule has 1 aliphatic heterocycles. The number of hydrogen-bond donors (Lipinski definition) is 2. The zero-order valence-electron chi connectivity index (χ0n) is 16.9. The molecule has 0 spiro atoms. The molecule has 0 fully saturated rings. The highest BCUT2D eigenvalue weighted by Gasteiger charge is 2.33. The Morgan fingerprint density at radius 3 is 2.81 bits per heavy atom. The highest BCUT2D eigenvalue weighted by molar-refractivity contribution is 7.98. The first-order valence-electron chi connectivity index (χ1n) is 9.53. The number of amides is 1. The van der Waals surface area contributed by atoms with Crippen LogP contribution in [-0.2, 0) is 17.6 Å². The van der Waals surface area contributed by atoms with Crippen molar-refractivity contribution in [1.82, 2.24) is 9.55 Å². The van der Waals surface area contributed by atoms with E-state index in [1.54, 1.807) is 17.7 Å². The van der Waals surface area contributed by atoms with E-state index in [4.69, 9.17) is 16.3 Å². The van der Waals surface area contributed by atoms with Gasteiger partial charge >= 0.3 is 0 Å². The Morgan fingerprint density at radius 1 is 1.29 bits per heavy atom. The number of nitrogens with one attached hydrogen (secondary N) is 1. The molecule has 0 saturated heterocycles. The molecule has 1 aliphatic rings. The number of aromatic nitrogens is 2. The minimum atomic E-state index is -0.534. The van der Waals surface area contributed by atoms with Crippen molar-refractivity contribution in [3.63, 3.8) is 0 Å². The second-order valence-electron chi connectivity index (χ2n) is 7.13. The van der Waals surface area contributed by atoms with Gasteiger partial charge in [0.25, 0.3) is 5.56 Å². The van der Waals surface area contributed by atoms with Crippen LogP contribution in [0.3, 0.4) is 0 Å². The number of anilines is 1. The predicted molar refractivity (Wildman–Crippen MR) is 120 cm³/mol. The Hall–Kier alpha value is -2.97. The molecule has 1 atom stereocenters. The number of ether oxygens (including phenoxy) is 1. The molecule has 0 unspecified atom stereocenters. The number of nitrogens with zero attached hydrogens (tertiary/aromatic N) is 2. The van der Waals surface area contributed by atoms with E-state index in [9.17, 15) is 14.7 Å². The topological polar surface area (TPSA) is 93.4 Å². The van der Waals surface area contributed by atoms with Crippen LogP contribution >= 0.6 is 23.4 Å². The van der Waals surface area contributed by atoms with E-state index in [1.165, 1.54) is 31.0 Å². The van der Waals surface area contributed by atoms with Gasteiger partial charge in [0.15, 0.2) is 5.16 Å². The molecule has 0 radical (unpaired) electrons. The first kappa shape index (κ1) is 21.3. The Kier molecular flexibility index (Phi) is 5.93. The average molecular weight is 458 g/mol. The van der Waals surface area contributed by atoms with E-state index in [0.29, 0.717) is 38.6 Å². The zero-order valence-corrected chi connectivity index (χ0v) is 18.5. The number of methoxy groups -OCH3 is 1. The number of aromatic hydroxyl groups is 1. The molecular formula is C22H20ClN3O4S. The summed E-state index contributed by atoms with van der Waals surface area (Å²) in [7, 11) is 3.24. The lowest BCUT2D eigenvalue weighted by Crippen LogP contribution is -2.33. The standard InChI is InChI=1S/C22H20ClN3O4S/c1-26-20-19(21(29)25-22(26)31-11-12-5-3-4-6-16(12)23)15(10-18(28)24-20)14-8-7-13(27)9-17(14)30-2/h3-9,15,27H,10-11H2,1-2H3,(H,24,28)/t15-/m0/s1. The fraction of sp³-hybridized carbons (Fsp3) is 0.227. The van der Waals surface area contributed by atoms with Gasteiger partial charge < -0.3 is 19.7 Å². The molecule has 1 aromatic heterocycles. The summed E-state index contributed by atoms with van der Waals surface area (Å²) in [5, 5.41) is 13.7. The predicted octanol–water partition coefficient (Wildman–Crippen LogP) is 3.91. The Bertz CT molecular complexity index is 1230. The van der Waals surface area contributed by atoms with E-state index >= 15 is 0 Å². The maximum Gasteiger partial charge on any atom is 0.279 e. The number of benzene rings is 2. The van der Waals surface area contributed by atoms with Crippen LogP contribution < -0.4 is 15.6 Å². The summed E-state index contributed by atoms with van der Waals surface area (Å²) in [6.07, 6.45) is 0.0805. The van der Waals surface area contributed by atoms with Crippen LogP contribution in [0.15, 0.2) is 52.4 Å². The number of fused-ring (bicyclic) bond motifs is 1. The molecule has 31 heavy (non-hydrogen) atoms. The molecule has 1 amide bonds. The molecule has 0 saturated carbocycles. The van der Waals surface area contributed by atoms with Gasteiger partial charge in [-0.25, -0.2) is 0 Å². The maximum absolute atomic E-state index is 13.1. The van der Waals surface area contributed by atoms with Crippen molar-refractivity contribution in [2.24, 2.45) is 7.05 Å². The lowest BCUT2D eigenvalue weighted by molar-refractivity contribution is -0.116. The summed E-state index contributed by atoms with van der Waals surface area (Å²) in [6.45, 7) is 0. The van der Waals surface area contributed by atoms with Crippen molar-refractivity contribution in [1.29, 1.82) is 0 Å². The van der Waals surface area contributed by atoms with Gasteiger partial charge in [0.1, 0.15) is 17.3 Å². The average Bonchev–Trinajstić information content (AvgIpc) is 2.75. The van der Waals surface area contributed by atoms with E-state index in [0.717, 1.165) is 5.56 Å². The lowest BCUT2D eigenvalue weighted by atomic mass is 9.86. The number of thioether (sulfide) groups is 1. The molecule has 2 aromatic carbocycles. The normalized spacial score (nSPS) is 15.3. The van der Waals surface area contributed by atoms with Crippen LogP contribution in [0.2, 0.25) is 5.02 Å². The van der Waals surface area contributed by atoms with E-state index in [2.05, 4.69) is 10.3 Å². The Morgan fingerprint density at radius 2 is 2.06 bits per heavy atom. The van der Waals surface area contributed by atoms with E-state index in [-0.39, 0.29) is 18.1 Å². The molecule has 2 N–H and O–H groups in total. The highest BCUT2D eigenvalue weighted by atomic mass is 35.5. The minimum Gasteiger partial charge on any atom is -0.508 e. The molecular weight excluding hydrogens is 438 g/mol. The Labute approximate surface area is 188 Å². The molecule has 4 rings (SSSR count). The van der Waals surface area contributed by atoms with Crippen LogP contribution in [0.5, 0.6) is 11.5 Å². The van der Waals surface area contributed by atoms with Gasteiger partial charge in [-0.15, -0.1) is 0 Å². The third-order valence-corrected chi connectivity index (χ3v) is 6.66. The van der Waals surface area contributed by atoms with Gasteiger partial charge in [0, 0.05) is 41.8 Å². The number of halogens is 1. The van der Waals surface area contributed by atoms with Gasteiger partial charge in [-0.3, -0.25) is 9.59 Å². The maximum atomic E-state index is 13.1. The number of phenols is 1. The minimum absolute atomic E-state index is 0.0402. The largest absolute Gasteiger partial charge is 0.508 e. The lowest BCUT2D eigenvalue weighted by Gasteiger charge is -2.28. The van der Waals surface area contributed by atoms with Crippen molar-refractivity contribution in [2.45, 2.75) is 23.2 Å². The van der Waals surface area contributed by atoms with Crippen molar-refractivity contribution < 1.29 is 14.6 Å². The fourth-order valence-electron chi connectivity index (χ4n) is 3.68. The first-order chi connectivity index (χ1) is 14.9. The van der Waals surface area contributed by atoms with Crippen LogP contribution in [0.25, 0.3) is 0 Å². The molecule has 7 nitrogen and oxygen atoms in total. The van der Waals surface area contributed by atoms with Crippen LogP contribution in [0.1, 0.15) is 29.0 Å². The summed E-state index contributed by atoms with van der Waals surface area (Å²) >= 11 is 7.60. The highest BCUT2D eigenvalue weighted by Crippen LogP contribution is 2.40. The van der Waals surface area contributed by atoms with Crippen molar-refractivity contribution in [3.8, 4) is 11.5 Å². The number of phenolic OH excluding ortho intramolecular Hbond substituents is 1. The third-order valence-electron chi connectivity index (χ3n) is 5.21. The third kappa shape index (κ3) is 4.13.